The zero-order valence-electron chi connectivity index (χ0n) is 9.33. The van der Waals surface area contributed by atoms with Crippen LogP contribution in [0.3, 0.4) is 0 Å². The molecular weight excluding hydrogens is 253 g/mol. The van der Waals surface area contributed by atoms with E-state index in [0.29, 0.717) is 0 Å². The molecule has 3 N–H and O–H groups in total. The lowest BCUT2D eigenvalue weighted by Gasteiger charge is -2.13. The molecule has 18 heavy (non-hydrogen) atoms. The smallest absolute Gasteiger partial charge is 0.401 e. The number of carbonyl (C=O) groups excluding carboxylic acids is 1. The Hall–Kier alpha value is -1.57. The van der Waals surface area contributed by atoms with E-state index in [0.717, 1.165) is 0 Å². The average molecular weight is 266 g/mol. The van der Waals surface area contributed by atoms with Gasteiger partial charge in [0, 0.05) is 6.04 Å². The number of alkyl halides is 3. The summed E-state index contributed by atoms with van der Waals surface area (Å²) in [6.07, 6.45) is -1.15. The highest BCUT2D eigenvalue weighted by molar-refractivity contribution is 5.79. The number of nitrogens with one attached hydrogen (secondary N) is 2. The second-order valence-electron chi connectivity index (χ2n) is 3.96. The van der Waals surface area contributed by atoms with Crippen molar-refractivity contribution >= 4 is 11.9 Å². The van der Waals surface area contributed by atoms with Crippen LogP contribution in [0.5, 0.6) is 0 Å². The fourth-order valence-corrected chi connectivity index (χ4v) is 1.56. The highest BCUT2D eigenvalue weighted by Gasteiger charge is 2.27. The molecule has 1 aliphatic rings. The van der Waals surface area contributed by atoms with Crippen molar-refractivity contribution in [2.24, 2.45) is 5.92 Å². The van der Waals surface area contributed by atoms with Crippen LogP contribution in [0.2, 0.25) is 0 Å². The van der Waals surface area contributed by atoms with E-state index >= 15 is 0 Å². The summed E-state index contributed by atoms with van der Waals surface area (Å²) in [5.74, 6) is -2.24. The minimum absolute atomic E-state index is 0.223. The topological polar surface area (TPSA) is 78.4 Å². The molecule has 0 saturated carbocycles. The van der Waals surface area contributed by atoms with Crippen molar-refractivity contribution < 1.29 is 27.9 Å². The normalized spacial score (nSPS) is 23.1. The van der Waals surface area contributed by atoms with Crippen LogP contribution in [0.25, 0.3) is 0 Å². The lowest BCUT2D eigenvalue weighted by molar-refractivity contribution is -0.140. The van der Waals surface area contributed by atoms with E-state index in [4.69, 9.17) is 5.11 Å². The van der Waals surface area contributed by atoms with E-state index in [2.05, 4.69) is 5.32 Å². The van der Waals surface area contributed by atoms with Gasteiger partial charge in [0.15, 0.2) is 0 Å². The molecule has 0 aliphatic heterocycles. The Morgan fingerprint density at radius 2 is 2.00 bits per heavy atom. The molecule has 0 spiro atoms. The summed E-state index contributed by atoms with van der Waals surface area (Å²) in [5.41, 5.74) is 0. The molecule has 2 unspecified atom stereocenters. The van der Waals surface area contributed by atoms with Gasteiger partial charge in [0.25, 0.3) is 0 Å². The van der Waals surface area contributed by atoms with Crippen molar-refractivity contribution in [3.05, 3.63) is 12.2 Å². The number of carbonyl (C=O) groups is 2. The highest BCUT2D eigenvalue weighted by atomic mass is 19.4. The fourth-order valence-electron chi connectivity index (χ4n) is 1.56. The predicted octanol–water partition coefficient (Wildman–Crippen LogP) is 0.284. The molecule has 0 radical (unpaired) electrons. The molecule has 1 amide bonds. The number of amides is 1. The number of aliphatic carboxylic acids is 1. The Balaban J connectivity index is 2.22. The molecule has 2 atom stereocenters. The Morgan fingerprint density at radius 1 is 1.33 bits per heavy atom. The molecule has 0 aromatic rings. The molecule has 1 rings (SSSR count). The Kier molecular flexibility index (Phi) is 4.71. The van der Waals surface area contributed by atoms with E-state index in [1.54, 1.807) is 0 Å². The summed E-state index contributed by atoms with van der Waals surface area (Å²) >= 11 is 0. The second kappa shape index (κ2) is 5.85. The summed E-state index contributed by atoms with van der Waals surface area (Å²) in [6.45, 7) is -1.69. The molecule has 0 heterocycles. The third kappa shape index (κ3) is 5.17. The summed E-state index contributed by atoms with van der Waals surface area (Å²) in [7, 11) is 0. The Labute approximate surface area is 101 Å². The highest BCUT2D eigenvalue weighted by Crippen LogP contribution is 2.17. The number of carboxylic acid groups (broad SMARTS) is 1. The number of halogens is 3. The third-order valence-corrected chi connectivity index (χ3v) is 2.36. The van der Waals surface area contributed by atoms with Gasteiger partial charge in [0.2, 0.25) is 5.91 Å². The summed E-state index contributed by atoms with van der Waals surface area (Å²) < 4.78 is 35.3. The first-order valence-electron chi connectivity index (χ1n) is 5.26. The standard InChI is InChI=1S/C10H13F3N2O3/c11-10(12,13)5-14-4-8(16)15-7-2-1-6(3-7)9(17)18/h1-2,6-7,14H,3-5H2,(H,15,16)(H,17,18). The lowest BCUT2D eigenvalue weighted by Crippen LogP contribution is -2.41. The molecule has 0 fully saturated rings. The third-order valence-electron chi connectivity index (χ3n) is 2.36. The summed E-state index contributed by atoms with van der Waals surface area (Å²) in [6, 6.07) is -0.439. The number of hydrogen-bond donors (Lipinski definition) is 3. The van der Waals surface area contributed by atoms with Gasteiger partial charge in [-0.25, -0.2) is 0 Å². The van der Waals surface area contributed by atoms with Crippen molar-refractivity contribution in [3.63, 3.8) is 0 Å². The molecule has 102 valence electrons. The minimum atomic E-state index is -4.36. The molecule has 0 aromatic carbocycles. The van der Waals surface area contributed by atoms with Crippen LogP contribution in [-0.2, 0) is 9.59 Å². The average Bonchev–Trinajstić information content (AvgIpc) is 2.64. The van der Waals surface area contributed by atoms with E-state index in [1.165, 1.54) is 12.2 Å². The second-order valence-corrected chi connectivity index (χ2v) is 3.96. The minimum Gasteiger partial charge on any atom is -0.481 e. The van der Waals surface area contributed by atoms with Crippen molar-refractivity contribution in [1.82, 2.24) is 10.6 Å². The van der Waals surface area contributed by atoms with Crippen LogP contribution in [-0.4, -0.2) is 42.3 Å². The monoisotopic (exact) mass is 266 g/mol. The molecule has 0 aromatic heterocycles. The van der Waals surface area contributed by atoms with Crippen molar-refractivity contribution in [2.45, 2.75) is 18.6 Å². The van der Waals surface area contributed by atoms with Gasteiger partial charge >= 0.3 is 12.1 Å². The van der Waals surface area contributed by atoms with Crippen LogP contribution in [0.1, 0.15) is 6.42 Å². The first-order chi connectivity index (χ1) is 8.28. The van der Waals surface area contributed by atoms with Gasteiger partial charge in [-0.15, -0.1) is 0 Å². The van der Waals surface area contributed by atoms with Gasteiger partial charge in [-0.3, -0.25) is 9.59 Å². The first kappa shape index (κ1) is 14.5. The van der Waals surface area contributed by atoms with E-state index in [1.807, 2.05) is 5.32 Å². The maximum atomic E-state index is 11.8. The van der Waals surface area contributed by atoms with Crippen LogP contribution >= 0.6 is 0 Å². The van der Waals surface area contributed by atoms with Crippen LogP contribution in [0.15, 0.2) is 12.2 Å². The fraction of sp³-hybridized carbons (Fsp3) is 0.600. The van der Waals surface area contributed by atoms with E-state index < -0.39 is 43.1 Å². The SMILES string of the molecule is O=C(CNCC(F)(F)F)NC1C=CC(C(=O)O)C1. The molecular formula is C10H13F3N2O3. The predicted molar refractivity (Wildman–Crippen MR) is 55.7 cm³/mol. The molecule has 1 aliphatic carbocycles. The molecule has 0 saturated heterocycles. The zero-order chi connectivity index (χ0) is 13.8. The summed E-state index contributed by atoms with van der Waals surface area (Å²) in [4.78, 5) is 21.9. The van der Waals surface area contributed by atoms with Gasteiger partial charge in [-0.1, -0.05) is 12.2 Å². The van der Waals surface area contributed by atoms with Gasteiger partial charge in [0.1, 0.15) is 0 Å². The van der Waals surface area contributed by atoms with Gasteiger partial charge in [0.05, 0.1) is 19.0 Å². The maximum Gasteiger partial charge on any atom is 0.401 e. The van der Waals surface area contributed by atoms with Gasteiger partial charge in [-0.05, 0) is 6.42 Å². The Morgan fingerprint density at radius 3 is 2.50 bits per heavy atom. The molecule has 8 heteroatoms. The van der Waals surface area contributed by atoms with Gasteiger partial charge < -0.3 is 15.7 Å². The zero-order valence-corrected chi connectivity index (χ0v) is 9.33. The van der Waals surface area contributed by atoms with Crippen molar-refractivity contribution in [3.8, 4) is 0 Å². The number of carboxylic acids is 1. The van der Waals surface area contributed by atoms with E-state index in [-0.39, 0.29) is 6.42 Å². The number of hydrogen-bond acceptors (Lipinski definition) is 3. The molecule has 0 bridgehead atoms. The molecule has 5 nitrogen and oxygen atoms in total. The maximum absolute atomic E-state index is 11.8. The van der Waals surface area contributed by atoms with Crippen molar-refractivity contribution in [2.75, 3.05) is 13.1 Å². The van der Waals surface area contributed by atoms with Gasteiger partial charge in [-0.2, -0.15) is 13.2 Å². The quantitative estimate of drug-likeness (QED) is 0.625. The summed E-state index contributed by atoms with van der Waals surface area (Å²) in [5, 5.41) is 13.1. The first-order valence-corrected chi connectivity index (χ1v) is 5.26. The lowest BCUT2D eigenvalue weighted by atomic mass is 10.1. The van der Waals surface area contributed by atoms with Crippen LogP contribution in [0, 0.1) is 5.92 Å². The van der Waals surface area contributed by atoms with Crippen LogP contribution in [0.4, 0.5) is 13.2 Å². The van der Waals surface area contributed by atoms with Crippen LogP contribution < -0.4 is 10.6 Å². The van der Waals surface area contributed by atoms with Crippen molar-refractivity contribution in [1.29, 1.82) is 0 Å². The Bertz CT molecular complexity index is 355. The van der Waals surface area contributed by atoms with E-state index in [9.17, 15) is 22.8 Å². The number of rotatable bonds is 5. The largest absolute Gasteiger partial charge is 0.481 e.